The van der Waals surface area contributed by atoms with Crippen molar-refractivity contribution in [2.45, 2.75) is 13.5 Å². The Kier molecular flexibility index (Phi) is 3.41. The van der Waals surface area contributed by atoms with Crippen molar-refractivity contribution in [3.63, 3.8) is 0 Å². The number of aryl methyl sites for hydroxylation is 1. The number of rotatable bonds is 4. The third-order valence-corrected chi connectivity index (χ3v) is 2.86. The Morgan fingerprint density at radius 1 is 1.10 bits per heavy atom. The molecule has 0 unspecified atom stereocenters. The van der Waals surface area contributed by atoms with Crippen LogP contribution >= 0.6 is 0 Å². The molecule has 0 fully saturated rings. The van der Waals surface area contributed by atoms with E-state index in [1.807, 2.05) is 49.4 Å². The van der Waals surface area contributed by atoms with Gasteiger partial charge in [-0.05, 0) is 31.2 Å². The van der Waals surface area contributed by atoms with Gasteiger partial charge in [-0.3, -0.25) is 10.1 Å². The molecule has 100 valence electrons. The van der Waals surface area contributed by atoms with Crippen molar-refractivity contribution in [1.82, 2.24) is 20.2 Å². The molecule has 1 aromatic carbocycles. The monoisotopic (exact) mass is 266 g/mol. The fraction of sp³-hybridized carbons (Fsp3) is 0.133. The summed E-state index contributed by atoms with van der Waals surface area (Å²) in [4.78, 5) is 8.57. The smallest absolute Gasteiger partial charge is 0.184 e. The van der Waals surface area contributed by atoms with Gasteiger partial charge in [0, 0.05) is 5.69 Å². The SMILES string of the molecule is Cc1cccc(COc2ccccc2-c2nc[nH]n2)n1. The van der Waals surface area contributed by atoms with Gasteiger partial charge in [-0.1, -0.05) is 18.2 Å². The number of ether oxygens (including phenoxy) is 1. The van der Waals surface area contributed by atoms with Crippen LogP contribution in [0.3, 0.4) is 0 Å². The fourth-order valence-corrected chi connectivity index (χ4v) is 1.95. The quantitative estimate of drug-likeness (QED) is 0.788. The van der Waals surface area contributed by atoms with Gasteiger partial charge in [0.05, 0.1) is 11.3 Å². The first-order chi connectivity index (χ1) is 9.83. The van der Waals surface area contributed by atoms with E-state index in [1.165, 1.54) is 0 Å². The Hall–Kier alpha value is -2.69. The Balaban J connectivity index is 1.81. The molecule has 0 aliphatic heterocycles. The molecule has 0 spiro atoms. The van der Waals surface area contributed by atoms with Gasteiger partial charge in [0.15, 0.2) is 5.82 Å². The second-order valence-electron chi connectivity index (χ2n) is 4.38. The number of nitrogens with zero attached hydrogens (tertiary/aromatic N) is 3. The molecule has 2 aromatic heterocycles. The van der Waals surface area contributed by atoms with Gasteiger partial charge in [0.2, 0.25) is 0 Å². The van der Waals surface area contributed by atoms with Gasteiger partial charge in [-0.15, -0.1) is 0 Å². The number of aromatic amines is 1. The zero-order valence-corrected chi connectivity index (χ0v) is 11.1. The first-order valence-corrected chi connectivity index (χ1v) is 6.33. The highest BCUT2D eigenvalue weighted by Crippen LogP contribution is 2.27. The van der Waals surface area contributed by atoms with E-state index in [0.717, 1.165) is 22.7 Å². The number of benzene rings is 1. The van der Waals surface area contributed by atoms with Gasteiger partial charge in [-0.2, -0.15) is 5.10 Å². The van der Waals surface area contributed by atoms with Crippen LogP contribution in [-0.2, 0) is 6.61 Å². The van der Waals surface area contributed by atoms with Crippen molar-refractivity contribution in [2.75, 3.05) is 0 Å². The average molecular weight is 266 g/mol. The second kappa shape index (κ2) is 5.52. The van der Waals surface area contributed by atoms with Gasteiger partial charge in [0.1, 0.15) is 18.7 Å². The minimum Gasteiger partial charge on any atom is -0.487 e. The molecule has 5 nitrogen and oxygen atoms in total. The van der Waals surface area contributed by atoms with Gasteiger partial charge in [-0.25, -0.2) is 4.98 Å². The van der Waals surface area contributed by atoms with E-state index in [2.05, 4.69) is 20.2 Å². The van der Waals surface area contributed by atoms with Crippen molar-refractivity contribution in [3.05, 3.63) is 60.2 Å². The van der Waals surface area contributed by atoms with Crippen molar-refractivity contribution in [3.8, 4) is 17.1 Å². The highest BCUT2D eigenvalue weighted by atomic mass is 16.5. The molecule has 0 bridgehead atoms. The van der Waals surface area contributed by atoms with Crippen molar-refractivity contribution in [1.29, 1.82) is 0 Å². The van der Waals surface area contributed by atoms with E-state index in [1.54, 1.807) is 6.33 Å². The number of para-hydroxylation sites is 1. The maximum absolute atomic E-state index is 5.85. The van der Waals surface area contributed by atoms with Crippen LogP contribution in [0.5, 0.6) is 5.75 Å². The molecular formula is C15H14N4O. The van der Waals surface area contributed by atoms with Gasteiger partial charge >= 0.3 is 0 Å². The maximum Gasteiger partial charge on any atom is 0.184 e. The molecule has 20 heavy (non-hydrogen) atoms. The molecule has 0 amide bonds. The Morgan fingerprint density at radius 2 is 2.00 bits per heavy atom. The summed E-state index contributed by atoms with van der Waals surface area (Å²) in [6, 6.07) is 13.6. The molecule has 2 heterocycles. The third-order valence-electron chi connectivity index (χ3n) is 2.86. The van der Waals surface area contributed by atoms with Crippen LogP contribution in [0.2, 0.25) is 0 Å². The van der Waals surface area contributed by atoms with E-state index in [-0.39, 0.29) is 0 Å². The predicted molar refractivity (Wildman–Crippen MR) is 75.1 cm³/mol. The number of aromatic nitrogens is 4. The van der Waals surface area contributed by atoms with E-state index in [4.69, 9.17) is 4.74 Å². The second-order valence-corrected chi connectivity index (χ2v) is 4.38. The lowest BCUT2D eigenvalue weighted by Crippen LogP contribution is -2.00. The summed E-state index contributed by atoms with van der Waals surface area (Å²) >= 11 is 0. The van der Waals surface area contributed by atoms with E-state index in [0.29, 0.717) is 12.4 Å². The van der Waals surface area contributed by atoms with Crippen LogP contribution in [-0.4, -0.2) is 20.2 Å². The third kappa shape index (κ3) is 2.66. The summed E-state index contributed by atoms with van der Waals surface area (Å²) in [5.74, 6) is 1.37. The van der Waals surface area contributed by atoms with Crippen LogP contribution in [0.15, 0.2) is 48.8 Å². The van der Waals surface area contributed by atoms with Crippen molar-refractivity contribution < 1.29 is 4.74 Å². The van der Waals surface area contributed by atoms with Gasteiger partial charge in [0.25, 0.3) is 0 Å². The number of hydrogen-bond donors (Lipinski definition) is 1. The largest absolute Gasteiger partial charge is 0.487 e. The predicted octanol–water partition coefficient (Wildman–Crippen LogP) is 2.75. The summed E-state index contributed by atoms with van der Waals surface area (Å²) in [7, 11) is 0. The summed E-state index contributed by atoms with van der Waals surface area (Å²) < 4.78 is 5.85. The molecule has 3 rings (SSSR count). The minimum atomic E-state index is 0.420. The summed E-state index contributed by atoms with van der Waals surface area (Å²) in [5.41, 5.74) is 2.74. The first-order valence-electron chi connectivity index (χ1n) is 6.33. The molecular weight excluding hydrogens is 252 g/mol. The summed E-state index contributed by atoms with van der Waals surface area (Å²) in [6.45, 7) is 2.38. The number of pyridine rings is 1. The topological polar surface area (TPSA) is 63.7 Å². The van der Waals surface area contributed by atoms with Crippen molar-refractivity contribution >= 4 is 0 Å². The Labute approximate surface area is 116 Å². The molecule has 0 aliphatic carbocycles. The number of nitrogens with one attached hydrogen (secondary N) is 1. The number of hydrogen-bond acceptors (Lipinski definition) is 4. The van der Waals surface area contributed by atoms with Crippen LogP contribution in [0.25, 0.3) is 11.4 Å². The zero-order chi connectivity index (χ0) is 13.8. The van der Waals surface area contributed by atoms with E-state index < -0.39 is 0 Å². The van der Waals surface area contributed by atoms with Crippen LogP contribution in [0.4, 0.5) is 0 Å². The molecule has 0 atom stereocenters. The molecule has 3 aromatic rings. The summed E-state index contributed by atoms with van der Waals surface area (Å²) in [5, 5.41) is 6.79. The molecule has 0 aliphatic rings. The fourth-order valence-electron chi connectivity index (χ4n) is 1.95. The molecule has 0 saturated carbocycles. The van der Waals surface area contributed by atoms with Crippen LogP contribution in [0.1, 0.15) is 11.4 Å². The Morgan fingerprint density at radius 3 is 2.80 bits per heavy atom. The zero-order valence-electron chi connectivity index (χ0n) is 11.1. The molecule has 0 saturated heterocycles. The first kappa shape index (κ1) is 12.3. The minimum absolute atomic E-state index is 0.420. The summed E-state index contributed by atoms with van der Waals surface area (Å²) in [6.07, 6.45) is 1.55. The lowest BCUT2D eigenvalue weighted by atomic mass is 10.2. The van der Waals surface area contributed by atoms with Gasteiger partial charge < -0.3 is 4.74 Å². The molecule has 5 heteroatoms. The standard InChI is InChI=1S/C15H14N4O/c1-11-5-4-6-12(18-11)9-20-14-8-3-2-7-13(14)15-16-10-17-19-15/h2-8,10H,9H2,1H3,(H,16,17,19). The molecule has 1 N–H and O–H groups in total. The van der Waals surface area contributed by atoms with Crippen molar-refractivity contribution in [2.24, 2.45) is 0 Å². The van der Waals surface area contributed by atoms with Crippen LogP contribution in [0, 0.1) is 6.92 Å². The van der Waals surface area contributed by atoms with E-state index in [9.17, 15) is 0 Å². The molecule has 0 radical (unpaired) electrons. The van der Waals surface area contributed by atoms with E-state index >= 15 is 0 Å². The highest BCUT2D eigenvalue weighted by Gasteiger charge is 2.09. The highest BCUT2D eigenvalue weighted by molar-refractivity contribution is 5.63. The number of H-pyrrole nitrogens is 1. The van der Waals surface area contributed by atoms with Crippen LogP contribution < -0.4 is 4.74 Å². The average Bonchev–Trinajstić information content (AvgIpc) is 3.00. The Bertz CT molecular complexity index is 695. The maximum atomic E-state index is 5.85. The lowest BCUT2D eigenvalue weighted by molar-refractivity contribution is 0.302. The normalized spacial score (nSPS) is 10.4. The lowest BCUT2D eigenvalue weighted by Gasteiger charge is -2.09.